The van der Waals surface area contributed by atoms with Crippen molar-refractivity contribution < 1.29 is 22.4 Å². The van der Waals surface area contributed by atoms with Crippen molar-refractivity contribution in [3.63, 3.8) is 0 Å². The molecule has 0 aliphatic carbocycles. The molecule has 1 aromatic carbocycles. The number of aromatic nitrogens is 3. The molecule has 3 heterocycles. The van der Waals surface area contributed by atoms with E-state index in [-0.39, 0.29) is 27.6 Å². The van der Waals surface area contributed by atoms with Gasteiger partial charge in [0.1, 0.15) is 10.8 Å². The van der Waals surface area contributed by atoms with Gasteiger partial charge in [0.25, 0.3) is 5.91 Å². The minimum atomic E-state index is -4.78. The normalized spacial score (nSPS) is 15.7. The van der Waals surface area contributed by atoms with Crippen LogP contribution in [0.25, 0.3) is 16.9 Å². The average Bonchev–Trinajstić information content (AvgIpc) is 3.04. The Morgan fingerprint density at radius 1 is 1.10 bits per heavy atom. The summed E-state index contributed by atoms with van der Waals surface area (Å²) in [6, 6.07) is 5.67. The fourth-order valence-electron chi connectivity index (χ4n) is 3.26. The summed E-state index contributed by atoms with van der Waals surface area (Å²) in [5.74, 6) is -1.08. The summed E-state index contributed by atoms with van der Waals surface area (Å²) in [7, 11) is 1.91. The van der Waals surface area contributed by atoms with E-state index in [1.807, 2.05) is 11.9 Å². The first-order chi connectivity index (χ1) is 14.1. The SMILES string of the molecule is CN1CCN(C(=O)c2nn3c(C(F)(F)F)cc(-c4ccc(F)cc4)nc3c2Cl)CC1. The summed E-state index contributed by atoms with van der Waals surface area (Å²) >= 11 is 6.28. The maximum Gasteiger partial charge on any atom is 0.433 e. The van der Waals surface area contributed by atoms with Gasteiger partial charge >= 0.3 is 6.18 Å². The Bertz CT molecular complexity index is 1100. The fourth-order valence-corrected chi connectivity index (χ4v) is 3.50. The second-order valence-corrected chi connectivity index (χ2v) is 7.40. The Labute approximate surface area is 173 Å². The average molecular weight is 442 g/mol. The molecule has 0 bridgehead atoms. The highest BCUT2D eigenvalue weighted by molar-refractivity contribution is 6.36. The van der Waals surface area contributed by atoms with Crippen LogP contribution in [0.2, 0.25) is 5.02 Å². The number of amides is 1. The number of halogens is 5. The Kier molecular flexibility index (Phi) is 5.15. The van der Waals surface area contributed by atoms with E-state index in [0.29, 0.717) is 30.7 Å². The second-order valence-electron chi connectivity index (χ2n) is 7.02. The molecule has 1 aliphatic heterocycles. The lowest BCUT2D eigenvalue weighted by Gasteiger charge is -2.31. The van der Waals surface area contributed by atoms with Gasteiger partial charge in [0.15, 0.2) is 17.0 Å². The van der Waals surface area contributed by atoms with Gasteiger partial charge < -0.3 is 9.80 Å². The fraction of sp³-hybridized carbons (Fsp3) is 0.316. The van der Waals surface area contributed by atoms with Gasteiger partial charge in [-0.1, -0.05) is 11.6 Å². The highest BCUT2D eigenvalue weighted by atomic mass is 35.5. The molecule has 158 valence electrons. The van der Waals surface area contributed by atoms with Crippen LogP contribution in [-0.2, 0) is 6.18 Å². The molecule has 1 saturated heterocycles. The molecule has 0 N–H and O–H groups in total. The summed E-state index contributed by atoms with van der Waals surface area (Å²) in [5.41, 5.74) is -1.49. The predicted octanol–water partition coefficient (Wildman–Crippen LogP) is 3.60. The molecule has 11 heteroatoms. The zero-order chi connectivity index (χ0) is 21.6. The number of hydrogen-bond donors (Lipinski definition) is 0. The van der Waals surface area contributed by atoms with Crippen LogP contribution in [0.15, 0.2) is 30.3 Å². The third-order valence-corrected chi connectivity index (χ3v) is 5.30. The topological polar surface area (TPSA) is 53.7 Å². The number of carbonyl (C=O) groups excluding carboxylic acids is 1. The van der Waals surface area contributed by atoms with E-state index < -0.39 is 23.6 Å². The van der Waals surface area contributed by atoms with Crippen molar-refractivity contribution in [1.29, 1.82) is 0 Å². The predicted molar refractivity (Wildman–Crippen MR) is 102 cm³/mol. The van der Waals surface area contributed by atoms with E-state index in [4.69, 9.17) is 11.6 Å². The number of piperazine rings is 1. The molecule has 0 atom stereocenters. The van der Waals surface area contributed by atoms with Gasteiger partial charge in [-0.15, -0.1) is 0 Å². The molecule has 30 heavy (non-hydrogen) atoms. The summed E-state index contributed by atoms with van der Waals surface area (Å²) in [6.45, 7) is 2.11. The number of fused-ring (bicyclic) bond motifs is 1. The van der Waals surface area contributed by atoms with Crippen LogP contribution in [0, 0.1) is 5.82 Å². The molecule has 2 aromatic heterocycles. The van der Waals surface area contributed by atoms with Crippen LogP contribution >= 0.6 is 11.6 Å². The number of alkyl halides is 3. The Balaban J connectivity index is 1.84. The van der Waals surface area contributed by atoms with Crippen molar-refractivity contribution in [2.45, 2.75) is 6.18 Å². The third kappa shape index (κ3) is 3.72. The molecule has 0 radical (unpaired) electrons. The first-order valence-corrected chi connectivity index (χ1v) is 9.43. The van der Waals surface area contributed by atoms with E-state index in [1.165, 1.54) is 17.0 Å². The zero-order valence-corrected chi connectivity index (χ0v) is 16.5. The largest absolute Gasteiger partial charge is 0.433 e. The number of likely N-dealkylation sites (N-methyl/N-ethyl adjacent to an activating group) is 1. The van der Waals surface area contributed by atoms with Gasteiger partial charge in [0.2, 0.25) is 0 Å². The number of hydrogen-bond acceptors (Lipinski definition) is 4. The molecule has 1 aliphatic rings. The number of benzene rings is 1. The monoisotopic (exact) mass is 441 g/mol. The van der Waals surface area contributed by atoms with Crippen LogP contribution in [-0.4, -0.2) is 63.5 Å². The van der Waals surface area contributed by atoms with E-state index in [1.54, 1.807) is 0 Å². The van der Waals surface area contributed by atoms with Crippen molar-refractivity contribution in [2.24, 2.45) is 0 Å². The summed E-state index contributed by atoms with van der Waals surface area (Å²) in [5, 5.41) is 3.60. The van der Waals surface area contributed by atoms with Gasteiger partial charge in [-0.05, 0) is 37.4 Å². The minimum absolute atomic E-state index is 0.0600. The number of carbonyl (C=O) groups is 1. The van der Waals surface area contributed by atoms with Gasteiger partial charge in [-0.3, -0.25) is 4.79 Å². The highest BCUT2D eigenvalue weighted by Crippen LogP contribution is 2.34. The second kappa shape index (κ2) is 7.51. The van der Waals surface area contributed by atoms with Crippen LogP contribution in [0.4, 0.5) is 17.6 Å². The number of rotatable bonds is 2. The standard InChI is InChI=1S/C19H16ClF4N5O/c1-27-6-8-28(9-7-27)18(30)16-15(20)17-25-13(11-2-4-12(21)5-3-11)10-14(19(22,23)24)29(17)26-16/h2-5,10H,6-9H2,1H3. The first kappa shape index (κ1) is 20.5. The van der Waals surface area contributed by atoms with E-state index >= 15 is 0 Å². The van der Waals surface area contributed by atoms with E-state index in [0.717, 1.165) is 18.2 Å². The third-order valence-electron chi connectivity index (χ3n) is 4.96. The summed E-state index contributed by atoms with van der Waals surface area (Å²) < 4.78 is 54.9. The molecule has 3 aromatic rings. The molecule has 1 amide bonds. The molecule has 0 unspecified atom stereocenters. The lowest BCUT2D eigenvalue weighted by atomic mass is 10.1. The van der Waals surface area contributed by atoms with Crippen LogP contribution in [0.3, 0.4) is 0 Å². The lowest BCUT2D eigenvalue weighted by molar-refractivity contribution is -0.142. The van der Waals surface area contributed by atoms with Crippen molar-refractivity contribution in [3.8, 4) is 11.3 Å². The molecule has 4 rings (SSSR count). The van der Waals surface area contributed by atoms with Crippen molar-refractivity contribution in [2.75, 3.05) is 33.2 Å². The maximum absolute atomic E-state index is 13.7. The Morgan fingerprint density at radius 2 is 1.73 bits per heavy atom. The number of nitrogens with zero attached hydrogens (tertiary/aromatic N) is 5. The molecule has 0 saturated carbocycles. The highest BCUT2D eigenvalue weighted by Gasteiger charge is 2.37. The summed E-state index contributed by atoms with van der Waals surface area (Å²) in [4.78, 5) is 20.6. The minimum Gasteiger partial charge on any atom is -0.335 e. The lowest BCUT2D eigenvalue weighted by Crippen LogP contribution is -2.47. The molecular formula is C19H16ClF4N5O. The molecular weight excluding hydrogens is 426 g/mol. The van der Waals surface area contributed by atoms with Gasteiger partial charge in [0.05, 0.1) is 5.69 Å². The molecule has 6 nitrogen and oxygen atoms in total. The van der Waals surface area contributed by atoms with Gasteiger partial charge in [-0.2, -0.15) is 18.3 Å². The smallest absolute Gasteiger partial charge is 0.335 e. The van der Waals surface area contributed by atoms with Gasteiger partial charge in [0, 0.05) is 31.7 Å². The van der Waals surface area contributed by atoms with Gasteiger partial charge in [-0.25, -0.2) is 13.9 Å². The van der Waals surface area contributed by atoms with E-state index in [2.05, 4.69) is 10.1 Å². The Hall–Kier alpha value is -2.72. The van der Waals surface area contributed by atoms with Crippen LogP contribution in [0.5, 0.6) is 0 Å². The molecule has 0 spiro atoms. The molecule has 1 fully saturated rings. The quantitative estimate of drug-likeness (QED) is 0.570. The van der Waals surface area contributed by atoms with Crippen molar-refractivity contribution in [3.05, 3.63) is 52.6 Å². The first-order valence-electron chi connectivity index (χ1n) is 9.05. The van der Waals surface area contributed by atoms with Crippen molar-refractivity contribution in [1.82, 2.24) is 24.4 Å². The van der Waals surface area contributed by atoms with Crippen LogP contribution < -0.4 is 0 Å². The zero-order valence-electron chi connectivity index (χ0n) is 15.7. The van der Waals surface area contributed by atoms with E-state index in [9.17, 15) is 22.4 Å². The van der Waals surface area contributed by atoms with Crippen molar-refractivity contribution >= 4 is 23.2 Å². The Morgan fingerprint density at radius 3 is 2.33 bits per heavy atom. The maximum atomic E-state index is 13.7. The summed E-state index contributed by atoms with van der Waals surface area (Å²) in [6.07, 6.45) is -4.78. The van der Waals surface area contributed by atoms with Crippen LogP contribution in [0.1, 0.15) is 16.2 Å².